The highest BCUT2D eigenvalue weighted by molar-refractivity contribution is 6.33. The fraction of sp³-hybridized carbons (Fsp3) is 0. The molecule has 2 N–H and O–H groups in total. The van der Waals surface area contributed by atoms with Crippen molar-refractivity contribution in [3.63, 3.8) is 0 Å². The molecule has 0 bridgehead atoms. The van der Waals surface area contributed by atoms with Crippen LogP contribution >= 0.6 is 11.6 Å². The summed E-state index contributed by atoms with van der Waals surface area (Å²) in [5.74, 6) is -2.31. The first-order valence-electron chi connectivity index (χ1n) is 7.53. The zero-order valence-electron chi connectivity index (χ0n) is 13.5. The van der Waals surface area contributed by atoms with Crippen LogP contribution in [0.25, 0.3) is 11.3 Å². The molecule has 0 atom stereocenters. The Morgan fingerprint density at radius 2 is 1.96 bits per heavy atom. The van der Waals surface area contributed by atoms with Crippen LogP contribution in [0.5, 0.6) is 0 Å². The molecule has 0 saturated heterocycles. The molecular formula is C18H10ClF2N5O. The molecule has 0 radical (unpaired) electrons. The lowest BCUT2D eigenvalue weighted by atomic mass is 10.1. The summed E-state index contributed by atoms with van der Waals surface area (Å²) in [6.45, 7) is 0. The predicted octanol–water partition coefficient (Wildman–Crippen LogP) is 3.69. The van der Waals surface area contributed by atoms with E-state index >= 15 is 0 Å². The molecule has 0 saturated carbocycles. The van der Waals surface area contributed by atoms with Crippen molar-refractivity contribution >= 4 is 23.8 Å². The molecule has 0 aliphatic heterocycles. The van der Waals surface area contributed by atoms with E-state index in [0.717, 1.165) is 12.3 Å². The largest absolute Gasteiger partial charge is 0.290 e. The van der Waals surface area contributed by atoms with Crippen LogP contribution in [0.3, 0.4) is 0 Å². The first-order valence-corrected chi connectivity index (χ1v) is 7.91. The Morgan fingerprint density at radius 3 is 2.67 bits per heavy atom. The summed E-state index contributed by atoms with van der Waals surface area (Å²) in [7, 11) is 0. The number of nitrogens with zero attached hydrogens (tertiary/aromatic N) is 3. The van der Waals surface area contributed by atoms with Crippen LogP contribution in [0.2, 0.25) is 5.02 Å². The first-order chi connectivity index (χ1) is 13.0. The fourth-order valence-corrected chi connectivity index (χ4v) is 2.45. The number of rotatable bonds is 4. The average Bonchev–Trinajstić information content (AvgIpc) is 2.68. The van der Waals surface area contributed by atoms with Gasteiger partial charge in [0.15, 0.2) is 11.6 Å². The molecule has 2 aromatic carbocycles. The highest BCUT2D eigenvalue weighted by Gasteiger charge is 2.13. The summed E-state index contributed by atoms with van der Waals surface area (Å²) < 4.78 is 27.0. The number of nitrogens with one attached hydrogen (secondary N) is 2. The molecule has 134 valence electrons. The summed E-state index contributed by atoms with van der Waals surface area (Å²) in [5.41, 5.74) is 2.05. The van der Waals surface area contributed by atoms with Gasteiger partial charge < -0.3 is 0 Å². The van der Waals surface area contributed by atoms with Crippen molar-refractivity contribution in [1.29, 1.82) is 5.26 Å². The van der Waals surface area contributed by atoms with Crippen LogP contribution in [0.15, 0.2) is 52.4 Å². The minimum atomic E-state index is -1.15. The molecule has 3 aromatic rings. The minimum absolute atomic E-state index is 0.0364. The van der Waals surface area contributed by atoms with E-state index in [1.54, 1.807) is 30.3 Å². The van der Waals surface area contributed by atoms with Crippen molar-refractivity contribution in [2.45, 2.75) is 0 Å². The Bertz CT molecular complexity index is 1120. The summed E-state index contributed by atoms with van der Waals surface area (Å²) in [6.07, 6.45) is 0.959. The number of aromatic nitrogens is 2. The Morgan fingerprint density at radius 1 is 1.22 bits per heavy atom. The Hall–Kier alpha value is -3.57. The number of H-pyrrole nitrogens is 1. The van der Waals surface area contributed by atoms with Crippen LogP contribution in [0.4, 0.5) is 14.7 Å². The van der Waals surface area contributed by atoms with Crippen LogP contribution in [0, 0.1) is 23.0 Å². The van der Waals surface area contributed by atoms with Crippen molar-refractivity contribution in [2.24, 2.45) is 5.10 Å². The molecule has 0 fully saturated rings. The van der Waals surface area contributed by atoms with Gasteiger partial charge in [-0.3, -0.25) is 9.78 Å². The molecular weight excluding hydrogens is 376 g/mol. The summed E-state index contributed by atoms with van der Waals surface area (Å²) in [4.78, 5) is 18.6. The molecule has 0 aliphatic rings. The number of anilines is 1. The molecule has 6 nitrogen and oxygen atoms in total. The van der Waals surface area contributed by atoms with Crippen LogP contribution in [-0.4, -0.2) is 16.2 Å². The van der Waals surface area contributed by atoms with E-state index in [9.17, 15) is 18.8 Å². The van der Waals surface area contributed by atoms with Crippen molar-refractivity contribution < 1.29 is 8.78 Å². The van der Waals surface area contributed by atoms with E-state index < -0.39 is 17.2 Å². The van der Waals surface area contributed by atoms with Crippen molar-refractivity contribution in [2.75, 3.05) is 5.43 Å². The van der Waals surface area contributed by atoms with Gasteiger partial charge in [0, 0.05) is 5.56 Å². The van der Waals surface area contributed by atoms with Crippen LogP contribution < -0.4 is 11.0 Å². The Labute approximate surface area is 156 Å². The van der Waals surface area contributed by atoms with Gasteiger partial charge in [-0.25, -0.2) is 19.2 Å². The smallest absolute Gasteiger partial charge is 0.270 e. The topological polar surface area (TPSA) is 93.9 Å². The summed E-state index contributed by atoms with van der Waals surface area (Å²) >= 11 is 5.82. The quantitative estimate of drug-likeness (QED) is 0.407. The van der Waals surface area contributed by atoms with E-state index in [-0.39, 0.29) is 27.8 Å². The van der Waals surface area contributed by atoms with Gasteiger partial charge in [0.2, 0.25) is 5.95 Å². The second kappa shape index (κ2) is 7.76. The number of benzene rings is 2. The van der Waals surface area contributed by atoms with Gasteiger partial charge in [-0.1, -0.05) is 41.9 Å². The highest BCUT2D eigenvalue weighted by atomic mass is 35.5. The fourth-order valence-electron chi connectivity index (χ4n) is 2.25. The number of halogens is 3. The SMILES string of the molecule is N#Cc1c(-c2ccccc2)nc(NN=Cc2c(Cl)ccc(F)c2F)[nH]c1=O. The molecule has 3 rings (SSSR count). The molecule has 0 unspecified atom stereocenters. The van der Waals surface area contributed by atoms with Crippen molar-refractivity contribution in [3.05, 3.63) is 80.6 Å². The number of hydrogen-bond acceptors (Lipinski definition) is 5. The second-order valence-electron chi connectivity index (χ2n) is 5.24. The third kappa shape index (κ3) is 3.83. The molecule has 1 heterocycles. The Balaban J connectivity index is 1.95. The van der Waals surface area contributed by atoms with Gasteiger partial charge in [-0.05, 0) is 12.1 Å². The molecule has 1 aromatic heterocycles. The van der Waals surface area contributed by atoms with E-state index in [4.69, 9.17) is 11.6 Å². The maximum Gasteiger partial charge on any atom is 0.270 e. The van der Waals surface area contributed by atoms with E-state index in [2.05, 4.69) is 20.5 Å². The lowest BCUT2D eigenvalue weighted by Crippen LogP contribution is -2.16. The van der Waals surface area contributed by atoms with E-state index in [1.807, 2.05) is 6.07 Å². The second-order valence-corrected chi connectivity index (χ2v) is 5.65. The molecule has 0 aliphatic carbocycles. The third-order valence-corrected chi connectivity index (χ3v) is 3.85. The maximum atomic E-state index is 13.7. The zero-order valence-corrected chi connectivity index (χ0v) is 14.3. The lowest BCUT2D eigenvalue weighted by molar-refractivity contribution is 0.507. The normalized spacial score (nSPS) is 10.7. The number of hydrazone groups is 1. The number of aromatic amines is 1. The predicted molar refractivity (Wildman–Crippen MR) is 97.6 cm³/mol. The molecule has 0 amide bonds. The van der Waals surface area contributed by atoms with E-state index in [0.29, 0.717) is 5.56 Å². The average molecular weight is 386 g/mol. The van der Waals surface area contributed by atoms with E-state index in [1.165, 1.54) is 6.07 Å². The Kier molecular flexibility index (Phi) is 5.24. The standard InChI is InChI=1S/C18H10ClF2N5O/c19-13-6-7-14(20)15(21)12(13)9-23-26-18-24-16(10-4-2-1-3-5-10)11(8-22)17(27)25-18/h1-7,9H,(H2,24,25,26,27). The van der Waals surface area contributed by atoms with Crippen LogP contribution in [-0.2, 0) is 0 Å². The molecule has 0 spiro atoms. The highest BCUT2D eigenvalue weighted by Crippen LogP contribution is 2.21. The van der Waals surface area contributed by atoms with Crippen molar-refractivity contribution in [3.8, 4) is 17.3 Å². The lowest BCUT2D eigenvalue weighted by Gasteiger charge is -2.06. The monoisotopic (exact) mass is 385 g/mol. The van der Waals surface area contributed by atoms with Gasteiger partial charge in [0.05, 0.1) is 22.5 Å². The number of nitriles is 1. The van der Waals surface area contributed by atoms with Gasteiger partial charge in [0.25, 0.3) is 5.56 Å². The van der Waals surface area contributed by atoms with Gasteiger partial charge in [0.1, 0.15) is 11.6 Å². The molecule has 27 heavy (non-hydrogen) atoms. The maximum absolute atomic E-state index is 13.7. The molecule has 9 heteroatoms. The zero-order chi connectivity index (χ0) is 19.4. The van der Waals surface area contributed by atoms with Crippen molar-refractivity contribution in [1.82, 2.24) is 9.97 Å². The van der Waals surface area contributed by atoms with Crippen LogP contribution in [0.1, 0.15) is 11.1 Å². The van der Waals surface area contributed by atoms with Gasteiger partial charge >= 0.3 is 0 Å². The van der Waals surface area contributed by atoms with Gasteiger partial charge in [-0.15, -0.1) is 0 Å². The summed E-state index contributed by atoms with van der Waals surface area (Å²) in [5, 5.41) is 12.9. The summed E-state index contributed by atoms with van der Waals surface area (Å²) in [6, 6.07) is 12.5. The first kappa shape index (κ1) is 18.2. The minimum Gasteiger partial charge on any atom is -0.290 e. The van der Waals surface area contributed by atoms with Gasteiger partial charge in [-0.2, -0.15) is 10.4 Å². The third-order valence-electron chi connectivity index (χ3n) is 3.52. The number of hydrogen-bond donors (Lipinski definition) is 2.